The molecule has 0 radical (unpaired) electrons. The van der Waals surface area contributed by atoms with Gasteiger partial charge in [0, 0.05) is 0 Å². The van der Waals surface area contributed by atoms with Gasteiger partial charge >= 0.3 is 6.16 Å². The lowest BCUT2D eigenvalue weighted by atomic mass is 10.0. The van der Waals surface area contributed by atoms with E-state index in [-0.39, 0.29) is 0 Å². The van der Waals surface area contributed by atoms with Gasteiger partial charge in [-0.15, -0.1) is 0 Å². The molecule has 0 aliphatic heterocycles. The molecule has 0 saturated heterocycles. The minimum atomic E-state index is -0.474. The molecule has 3 nitrogen and oxygen atoms in total. The fraction of sp³-hybridized carbons (Fsp3) is 0.968. The topological polar surface area (TPSA) is 35.5 Å². The highest BCUT2D eigenvalue weighted by molar-refractivity contribution is 5.59. The van der Waals surface area contributed by atoms with Gasteiger partial charge in [-0.3, -0.25) is 0 Å². The van der Waals surface area contributed by atoms with Crippen molar-refractivity contribution < 1.29 is 14.3 Å². The molecular weight excluding hydrogens is 420 g/mol. The monoisotopic (exact) mass is 482 g/mol. The van der Waals surface area contributed by atoms with E-state index in [0.29, 0.717) is 13.2 Å². The quantitative estimate of drug-likeness (QED) is 0.0821. The number of hydrogen-bond acceptors (Lipinski definition) is 3. The molecule has 0 aliphatic rings. The van der Waals surface area contributed by atoms with Crippen LogP contribution in [0.4, 0.5) is 4.79 Å². The summed E-state index contributed by atoms with van der Waals surface area (Å²) >= 11 is 0. The van der Waals surface area contributed by atoms with E-state index >= 15 is 0 Å². The number of carbonyl (C=O) groups excluding carboxylic acids is 1. The van der Waals surface area contributed by atoms with E-state index in [0.717, 1.165) is 25.7 Å². The van der Waals surface area contributed by atoms with Gasteiger partial charge in [-0.05, 0) is 12.8 Å². The molecular formula is C31H62O3. The highest BCUT2D eigenvalue weighted by atomic mass is 16.7. The zero-order valence-corrected chi connectivity index (χ0v) is 23.5. The van der Waals surface area contributed by atoms with Crippen molar-refractivity contribution in [3.63, 3.8) is 0 Å². The lowest BCUT2D eigenvalue weighted by Crippen LogP contribution is -2.09. The molecule has 34 heavy (non-hydrogen) atoms. The van der Waals surface area contributed by atoms with E-state index in [9.17, 15) is 4.79 Å². The molecule has 0 aromatic rings. The van der Waals surface area contributed by atoms with Gasteiger partial charge in [-0.25, -0.2) is 4.79 Å². The summed E-state index contributed by atoms with van der Waals surface area (Å²) in [4.78, 5) is 11.6. The summed E-state index contributed by atoms with van der Waals surface area (Å²) in [7, 11) is 0. The third-order valence-electron chi connectivity index (χ3n) is 6.94. The maximum atomic E-state index is 11.6. The highest BCUT2D eigenvalue weighted by Crippen LogP contribution is 2.14. The van der Waals surface area contributed by atoms with Crippen LogP contribution < -0.4 is 0 Å². The van der Waals surface area contributed by atoms with Crippen LogP contribution in [-0.4, -0.2) is 19.4 Å². The molecule has 0 aliphatic carbocycles. The smallest absolute Gasteiger partial charge is 0.434 e. The molecule has 0 amide bonds. The van der Waals surface area contributed by atoms with Crippen LogP contribution in [0.25, 0.3) is 0 Å². The van der Waals surface area contributed by atoms with E-state index in [1.807, 2.05) is 0 Å². The van der Waals surface area contributed by atoms with Crippen LogP contribution in [0, 0.1) is 0 Å². The van der Waals surface area contributed by atoms with Gasteiger partial charge < -0.3 is 9.47 Å². The summed E-state index contributed by atoms with van der Waals surface area (Å²) in [6, 6.07) is 0. The predicted molar refractivity (Wildman–Crippen MR) is 149 cm³/mol. The maximum absolute atomic E-state index is 11.6. The van der Waals surface area contributed by atoms with E-state index in [1.165, 1.54) is 141 Å². The highest BCUT2D eigenvalue weighted by Gasteiger charge is 2.03. The van der Waals surface area contributed by atoms with Crippen molar-refractivity contribution in [2.24, 2.45) is 0 Å². The van der Waals surface area contributed by atoms with E-state index < -0.39 is 6.16 Å². The summed E-state index contributed by atoms with van der Waals surface area (Å²) in [5, 5.41) is 0. The van der Waals surface area contributed by atoms with Crippen molar-refractivity contribution in [1.82, 2.24) is 0 Å². The summed E-state index contributed by atoms with van der Waals surface area (Å²) in [6.45, 7) is 5.57. The van der Waals surface area contributed by atoms with Gasteiger partial charge in [0.25, 0.3) is 0 Å². The zero-order chi connectivity index (χ0) is 24.8. The Morgan fingerprint density at radius 1 is 0.353 bits per heavy atom. The Kier molecular flexibility index (Phi) is 29.7. The summed E-state index contributed by atoms with van der Waals surface area (Å²) in [5.74, 6) is 0. The molecule has 0 heterocycles. The number of rotatable bonds is 28. The molecule has 3 heteroatoms. The minimum Gasteiger partial charge on any atom is -0.434 e. The summed E-state index contributed by atoms with van der Waals surface area (Å²) < 4.78 is 10.4. The zero-order valence-electron chi connectivity index (χ0n) is 23.5. The lowest BCUT2D eigenvalue weighted by molar-refractivity contribution is 0.0529. The first kappa shape index (κ1) is 33.3. The molecule has 0 fully saturated rings. The van der Waals surface area contributed by atoms with Gasteiger partial charge in [0.1, 0.15) is 0 Å². The lowest BCUT2D eigenvalue weighted by Gasteiger charge is -2.07. The Morgan fingerprint density at radius 2 is 0.559 bits per heavy atom. The van der Waals surface area contributed by atoms with Gasteiger partial charge in [0.2, 0.25) is 0 Å². The number of carbonyl (C=O) groups is 1. The third kappa shape index (κ3) is 29.3. The van der Waals surface area contributed by atoms with Crippen molar-refractivity contribution in [3.05, 3.63) is 0 Å². The second-order valence-corrected chi connectivity index (χ2v) is 10.4. The largest absolute Gasteiger partial charge is 0.508 e. The molecule has 0 aromatic carbocycles. The standard InChI is InChI=1S/C31H62O3/c1-3-5-7-9-11-13-15-17-19-21-23-25-27-29-33-31(32)34-30-28-26-24-22-20-18-16-14-12-10-8-6-4-2/h3-30H2,1-2H3. The fourth-order valence-electron chi connectivity index (χ4n) is 4.59. The average Bonchev–Trinajstić information content (AvgIpc) is 2.84. The Bertz CT molecular complexity index is 349. The van der Waals surface area contributed by atoms with Crippen LogP contribution in [-0.2, 0) is 9.47 Å². The van der Waals surface area contributed by atoms with Gasteiger partial charge in [-0.1, -0.05) is 168 Å². The molecule has 204 valence electrons. The summed E-state index contributed by atoms with van der Waals surface area (Å²) in [5.41, 5.74) is 0. The SMILES string of the molecule is CCCCCCCCCCCCCCCOC(=O)OCCCCCCCCCCCCCCC. The van der Waals surface area contributed by atoms with Crippen molar-refractivity contribution in [3.8, 4) is 0 Å². The van der Waals surface area contributed by atoms with E-state index in [4.69, 9.17) is 9.47 Å². The van der Waals surface area contributed by atoms with Crippen LogP contribution in [0.3, 0.4) is 0 Å². The molecule has 0 rings (SSSR count). The molecule has 0 aromatic heterocycles. The maximum Gasteiger partial charge on any atom is 0.508 e. The molecule has 0 N–H and O–H groups in total. The first-order valence-corrected chi connectivity index (χ1v) is 15.6. The van der Waals surface area contributed by atoms with Gasteiger partial charge in [-0.2, -0.15) is 0 Å². The first-order chi connectivity index (χ1) is 16.8. The van der Waals surface area contributed by atoms with Crippen molar-refractivity contribution in [2.45, 2.75) is 181 Å². The average molecular weight is 483 g/mol. The molecule has 0 unspecified atom stereocenters. The second-order valence-electron chi connectivity index (χ2n) is 10.4. The Morgan fingerprint density at radius 3 is 0.794 bits per heavy atom. The van der Waals surface area contributed by atoms with Crippen molar-refractivity contribution >= 4 is 6.16 Å². The number of ether oxygens (including phenoxy) is 2. The Labute approximate surface area is 214 Å². The number of unbranched alkanes of at least 4 members (excludes halogenated alkanes) is 24. The molecule has 0 spiro atoms. The summed E-state index contributed by atoms with van der Waals surface area (Å²) in [6.07, 6.45) is 34.1. The van der Waals surface area contributed by atoms with Crippen molar-refractivity contribution in [2.75, 3.05) is 13.2 Å². The first-order valence-electron chi connectivity index (χ1n) is 15.6. The van der Waals surface area contributed by atoms with Crippen LogP contribution in [0.15, 0.2) is 0 Å². The van der Waals surface area contributed by atoms with E-state index in [1.54, 1.807) is 0 Å². The fourth-order valence-corrected chi connectivity index (χ4v) is 4.59. The van der Waals surface area contributed by atoms with Gasteiger partial charge in [0.15, 0.2) is 0 Å². The Hall–Kier alpha value is -0.730. The molecule has 0 saturated carbocycles. The van der Waals surface area contributed by atoms with Crippen LogP contribution >= 0.6 is 0 Å². The van der Waals surface area contributed by atoms with Gasteiger partial charge in [0.05, 0.1) is 13.2 Å². The minimum absolute atomic E-state index is 0.474. The van der Waals surface area contributed by atoms with E-state index in [2.05, 4.69) is 13.8 Å². The predicted octanol–water partition coefficient (Wildman–Crippen LogP) is 11.3. The molecule has 0 bridgehead atoms. The van der Waals surface area contributed by atoms with Crippen LogP contribution in [0.2, 0.25) is 0 Å². The van der Waals surface area contributed by atoms with Crippen molar-refractivity contribution in [1.29, 1.82) is 0 Å². The molecule has 0 atom stereocenters. The Balaban J connectivity index is 3.14. The van der Waals surface area contributed by atoms with Crippen LogP contribution in [0.1, 0.15) is 181 Å². The third-order valence-corrected chi connectivity index (χ3v) is 6.94. The van der Waals surface area contributed by atoms with Crippen LogP contribution in [0.5, 0.6) is 0 Å². The number of hydrogen-bond donors (Lipinski definition) is 0. The normalized spacial score (nSPS) is 11.1. The second kappa shape index (κ2) is 30.3.